The van der Waals surface area contributed by atoms with Gasteiger partial charge in [-0.15, -0.1) is 0 Å². The number of anilines is 1. The summed E-state index contributed by atoms with van der Waals surface area (Å²) in [4.78, 5) is 2.39. The third-order valence-corrected chi connectivity index (χ3v) is 7.79. The van der Waals surface area contributed by atoms with Gasteiger partial charge in [0.1, 0.15) is 24.1 Å². The topological polar surface area (TPSA) is 70.7 Å². The quantitative estimate of drug-likeness (QED) is 0.422. The highest BCUT2D eigenvalue weighted by atomic mass is 16.6. The monoisotopic (exact) mass is 526 g/mol. The summed E-state index contributed by atoms with van der Waals surface area (Å²) >= 11 is 0. The van der Waals surface area contributed by atoms with Crippen LogP contribution < -0.4 is 15.0 Å². The van der Waals surface area contributed by atoms with Crippen LogP contribution in [0.4, 0.5) is 5.69 Å². The van der Waals surface area contributed by atoms with E-state index in [1.807, 2.05) is 0 Å². The van der Waals surface area contributed by atoms with Gasteiger partial charge in [-0.25, -0.2) is 0 Å². The molecule has 2 aromatic carbocycles. The number of nitrogens with one attached hydrogen (secondary N) is 1. The predicted molar refractivity (Wildman–Crippen MR) is 146 cm³/mol. The summed E-state index contributed by atoms with van der Waals surface area (Å²) in [5.41, 5.74) is 5.65. The summed E-state index contributed by atoms with van der Waals surface area (Å²) in [7, 11) is 3.44. The van der Waals surface area contributed by atoms with E-state index >= 15 is 0 Å². The van der Waals surface area contributed by atoms with Crippen molar-refractivity contribution in [3.8, 4) is 5.75 Å². The number of hydrogen-bond acceptors (Lipinski definition) is 8. The highest BCUT2D eigenvalue weighted by molar-refractivity contribution is 5.61. The van der Waals surface area contributed by atoms with Gasteiger partial charge in [0.2, 0.25) is 0 Å². The van der Waals surface area contributed by atoms with Gasteiger partial charge in [-0.05, 0) is 60.2 Å². The lowest BCUT2D eigenvalue weighted by Crippen LogP contribution is -2.56. The van der Waals surface area contributed by atoms with Crippen molar-refractivity contribution in [1.29, 1.82) is 0 Å². The maximum absolute atomic E-state index is 6.66. The van der Waals surface area contributed by atoms with Gasteiger partial charge < -0.3 is 38.6 Å². The van der Waals surface area contributed by atoms with E-state index in [0.717, 1.165) is 69.0 Å². The smallest absolute Gasteiger partial charge is 0.142 e. The van der Waals surface area contributed by atoms with Crippen molar-refractivity contribution in [2.24, 2.45) is 0 Å². The zero-order valence-electron chi connectivity index (χ0n) is 22.8. The molecule has 8 heteroatoms. The van der Waals surface area contributed by atoms with E-state index in [1.165, 1.54) is 16.7 Å². The van der Waals surface area contributed by atoms with Gasteiger partial charge in [-0.2, -0.15) is 0 Å². The van der Waals surface area contributed by atoms with Crippen molar-refractivity contribution in [2.75, 3.05) is 78.3 Å². The first-order chi connectivity index (χ1) is 18.7. The van der Waals surface area contributed by atoms with E-state index in [1.54, 1.807) is 14.2 Å². The molecule has 2 atom stereocenters. The fourth-order valence-corrected chi connectivity index (χ4v) is 5.85. The lowest BCUT2D eigenvalue weighted by Gasteiger charge is -2.47. The summed E-state index contributed by atoms with van der Waals surface area (Å²) in [6, 6.07) is 13.1. The summed E-state index contributed by atoms with van der Waals surface area (Å²) in [6.45, 7) is 8.02. The number of fused-ring (bicyclic) bond motifs is 3. The standard InChI is InChI=1S/C30H42N2O6/c1-33-13-3-11-32-12-15-36-28-7-5-24(19-27(28)32)22-37-29-20-31-10-9-30(29)26-6-4-23(21-35-17-16-34-2)18-25(26)8-14-38-30/h4-7,18-19,29,31H,3,8-17,20-22H2,1-2H3/t29-,30-/m0/s1. The molecule has 0 aromatic heterocycles. The molecule has 3 heterocycles. The highest BCUT2D eigenvalue weighted by Crippen LogP contribution is 2.42. The number of benzene rings is 2. The molecule has 1 saturated heterocycles. The minimum absolute atomic E-state index is 0.0795. The first-order valence-electron chi connectivity index (χ1n) is 13.9. The zero-order chi connectivity index (χ0) is 26.2. The van der Waals surface area contributed by atoms with Crippen LogP contribution in [0.5, 0.6) is 5.75 Å². The Balaban J connectivity index is 1.29. The molecule has 3 aliphatic heterocycles. The van der Waals surface area contributed by atoms with Crippen LogP contribution in [-0.4, -0.2) is 79.5 Å². The average molecular weight is 527 g/mol. The minimum atomic E-state index is -0.433. The third kappa shape index (κ3) is 6.17. The maximum atomic E-state index is 6.66. The Labute approximate surface area is 226 Å². The summed E-state index contributed by atoms with van der Waals surface area (Å²) in [5.74, 6) is 0.944. The second kappa shape index (κ2) is 13.2. The molecule has 3 aliphatic rings. The van der Waals surface area contributed by atoms with Crippen molar-refractivity contribution in [3.63, 3.8) is 0 Å². The van der Waals surface area contributed by atoms with E-state index in [-0.39, 0.29) is 6.10 Å². The molecule has 2 aromatic rings. The second-order valence-electron chi connectivity index (χ2n) is 10.3. The Morgan fingerprint density at radius 3 is 2.76 bits per heavy atom. The Kier molecular flexibility index (Phi) is 9.54. The molecule has 0 radical (unpaired) electrons. The summed E-state index contributed by atoms with van der Waals surface area (Å²) in [5, 5.41) is 3.53. The van der Waals surface area contributed by atoms with E-state index < -0.39 is 5.60 Å². The molecular weight excluding hydrogens is 484 g/mol. The van der Waals surface area contributed by atoms with Gasteiger partial charge in [0, 0.05) is 33.9 Å². The van der Waals surface area contributed by atoms with Crippen LogP contribution in [0.15, 0.2) is 36.4 Å². The van der Waals surface area contributed by atoms with Gasteiger partial charge in [-0.3, -0.25) is 0 Å². The number of methoxy groups -OCH3 is 2. The van der Waals surface area contributed by atoms with Crippen LogP contribution in [0.2, 0.25) is 0 Å². The molecule has 38 heavy (non-hydrogen) atoms. The normalized spacial score (nSPS) is 22.7. The van der Waals surface area contributed by atoms with Crippen LogP contribution in [0.3, 0.4) is 0 Å². The van der Waals surface area contributed by atoms with Crippen LogP contribution in [0.25, 0.3) is 0 Å². The number of ether oxygens (including phenoxy) is 6. The fourth-order valence-electron chi connectivity index (χ4n) is 5.85. The SMILES string of the molecule is COCCCN1CCOc2ccc(CO[C@H]3CNCC[C@@]34OCCc3cc(COCCOC)ccc34)cc21. The van der Waals surface area contributed by atoms with E-state index in [0.29, 0.717) is 39.6 Å². The molecule has 1 fully saturated rings. The Morgan fingerprint density at radius 1 is 1.00 bits per heavy atom. The largest absolute Gasteiger partial charge is 0.490 e. The van der Waals surface area contributed by atoms with Gasteiger partial charge >= 0.3 is 0 Å². The van der Waals surface area contributed by atoms with E-state index in [2.05, 4.69) is 46.6 Å². The summed E-state index contributed by atoms with van der Waals surface area (Å²) < 4.78 is 35.3. The molecule has 0 unspecified atom stereocenters. The Bertz CT molecular complexity index is 1050. The molecule has 0 bridgehead atoms. The number of piperidine rings is 1. The van der Waals surface area contributed by atoms with Gasteiger partial charge in [0.15, 0.2) is 0 Å². The lowest BCUT2D eigenvalue weighted by atomic mass is 9.77. The van der Waals surface area contributed by atoms with Crippen molar-refractivity contribution in [1.82, 2.24) is 5.32 Å². The number of nitrogens with zero attached hydrogens (tertiary/aromatic N) is 1. The average Bonchev–Trinajstić information content (AvgIpc) is 2.95. The van der Waals surface area contributed by atoms with Gasteiger partial charge in [0.25, 0.3) is 0 Å². The molecule has 5 rings (SSSR count). The van der Waals surface area contributed by atoms with Crippen LogP contribution in [0, 0.1) is 0 Å². The van der Waals surface area contributed by atoms with Gasteiger partial charge in [-0.1, -0.05) is 24.3 Å². The first-order valence-corrected chi connectivity index (χ1v) is 13.9. The lowest BCUT2D eigenvalue weighted by molar-refractivity contribution is -0.175. The molecule has 208 valence electrons. The molecule has 1 spiro atoms. The zero-order valence-corrected chi connectivity index (χ0v) is 22.8. The van der Waals surface area contributed by atoms with Crippen molar-refractivity contribution >= 4 is 5.69 Å². The van der Waals surface area contributed by atoms with Crippen molar-refractivity contribution in [3.05, 3.63) is 58.7 Å². The Morgan fingerprint density at radius 2 is 1.87 bits per heavy atom. The molecule has 1 N–H and O–H groups in total. The molecule has 8 nitrogen and oxygen atoms in total. The first kappa shape index (κ1) is 27.4. The highest BCUT2D eigenvalue weighted by Gasteiger charge is 2.47. The van der Waals surface area contributed by atoms with E-state index in [9.17, 15) is 0 Å². The maximum Gasteiger partial charge on any atom is 0.142 e. The number of rotatable bonds is 12. The van der Waals surface area contributed by atoms with Crippen LogP contribution in [-0.2, 0) is 48.9 Å². The molecule has 0 amide bonds. The fraction of sp³-hybridized carbons (Fsp3) is 0.600. The molecule has 0 saturated carbocycles. The molecular formula is C30H42N2O6. The number of hydrogen-bond donors (Lipinski definition) is 1. The second-order valence-corrected chi connectivity index (χ2v) is 10.3. The van der Waals surface area contributed by atoms with Gasteiger partial charge in [0.05, 0.1) is 45.3 Å². The van der Waals surface area contributed by atoms with E-state index in [4.69, 9.17) is 28.4 Å². The molecule has 0 aliphatic carbocycles. The Hall–Kier alpha value is -2.20. The van der Waals surface area contributed by atoms with Crippen molar-refractivity contribution in [2.45, 2.75) is 44.2 Å². The van der Waals surface area contributed by atoms with Crippen LogP contribution >= 0.6 is 0 Å². The van der Waals surface area contributed by atoms with Crippen molar-refractivity contribution < 1.29 is 28.4 Å². The predicted octanol–water partition coefficient (Wildman–Crippen LogP) is 3.43. The van der Waals surface area contributed by atoms with Crippen LogP contribution in [0.1, 0.15) is 35.1 Å². The summed E-state index contributed by atoms with van der Waals surface area (Å²) in [6.07, 6.45) is 2.71. The minimum Gasteiger partial charge on any atom is -0.490 e. The third-order valence-electron chi connectivity index (χ3n) is 7.79.